The SMILES string of the molecule is C[C@@H]1CCCN(c2ccc(C(=O)OCC(=O)N3CCCCCC3)cc2[N+](=O)[O-])C1. The quantitative estimate of drug-likeness (QED) is 0.425. The van der Waals surface area contributed by atoms with Crippen molar-refractivity contribution in [1.29, 1.82) is 0 Å². The first-order chi connectivity index (χ1) is 14.0. The van der Waals surface area contributed by atoms with Gasteiger partial charge in [-0.05, 0) is 43.7 Å². The van der Waals surface area contributed by atoms with Crippen molar-refractivity contribution in [1.82, 2.24) is 4.90 Å². The Balaban J connectivity index is 1.66. The Labute approximate surface area is 171 Å². The molecule has 2 aliphatic rings. The molecule has 1 amide bonds. The minimum absolute atomic E-state index is 0.0918. The molecule has 1 aromatic carbocycles. The standard InChI is InChI=1S/C21H29N3O5/c1-16-7-6-12-23(14-16)18-9-8-17(13-19(18)24(27)28)21(26)29-15-20(25)22-10-4-2-3-5-11-22/h8-9,13,16H,2-7,10-12,14-15H2,1H3/t16-/m1/s1. The average Bonchev–Trinajstić information content (AvgIpc) is 3.01. The maximum Gasteiger partial charge on any atom is 0.338 e. The van der Waals surface area contributed by atoms with E-state index in [1.807, 2.05) is 4.90 Å². The van der Waals surface area contributed by atoms with Gasteiger partial charge < -0.3 is 14.5 Å². The van der Waals surface area contributed by atoms with Gasteiger partial charge in [0.1, 0.15) is 5.69 Å². The van der Waals surface area contributed by atoms with Crippen molar-refractivity contribution in [3.05, 3.63) is 33.9 Å². The summed E-state index contributed by atoms with van der Waals surface area (Å²) in [5.41, 5.74) is 0.514. The van der Waals surface area contributed by atoms with Gasteiger partial charge in [-0.25, -0.2) is 4.79 Å². The third-order valence-corrected chi connectivity index (χ3v) is 5.69. The molecule has 8 nitrogen and oxygen atoms in total. The number of ether oxygens (including phenoxy) is 1. The number of likely N-dealkylation sites (tertiary alicyclic amines) is 1. The second kappa shape index (κ2) is 9.71. The van der Waals surface area contributed by atoms with E-state index in [1.54, 1.807) is 17.0 Å². The Hall–Kier alpha value is -2.64. The normalized spacial score (nSPS) is 20.1. The molecule has 0 radical (unpaired) electrons. The Bertz CT molecular complexity index is 759. The van der Waals surface area contributed by atoms with E-state index in [9.17, 15) is 19.7 Å². The molecule has 2 fully saturated rings. The lowest BCUT2D eigenvalue weighted by molar-refractivity contribution is -0.384. The van der Waals surface area contributed by atoms with Gasteiger partial charge in [-0.2, -0.15) is 0 Å². The number of esters is 1. The van der Waals surface area contributed by atoms with E-state index in [0.717, 1.165) is 51.6 Å². The molecule has 2 aliphatic heterocycles. The van der Waals surface area contributed by atoms with Gasteiger partial charge in [-0.3, -0.25) is 14.9 Å². The van der Waals surface area contributed by atoms with Gasteiger partial charge >= 0.3 is 5.97 Å². The topological polar surface area (TPSA) is 93.0 Å². The number of amides is 1. The van der Waals surface area contributed by atoms with Crippen LogP contribution in [0.15, 0.2) is 18.2 Å². The van der Waals surface area contributed by atoms with E-state index in [2.05, 4.69) is 6.92 Å². The summed E-state index contributed by atoms with van der Waals surface area (Å²) in [5.74, 6) is -0.457. The van der Waals surface area contributed by atoms with Crippen LogP contribution in [-0.2, 0) is 9.53 Å². The van der Waals surface area contributed by atoms with E-state index in [0.29, 0.717) is 24.7 Å². The average molecular weight is 403 g/mol. The summed E-state index contributed by atoms with van der Waals surface area (Å²) in [4.78, 5) is 39.5. The Morgan fingerprint density at radius 2 is 1.86 bits per heavy atom. The Morgan fingerprint density at radius 1 is 1.14 bits per heavy atom. The fourth-order valence-electron chi connectivity index (χ4n) is 4.09. The largest absolute Gasteiger partial charge is 0.452 e. The molecular weight excluding hydrogens is 374 g/mol. The van der Waals surface area contributed by atoms with Crippen LogP contribution in [-0.4, -0.2) is 54.5 Å². The number of rotatable bonds is 5. The molecule has 2 heterocycles. The zero-order valence-electron chi connectivity index (χ0n) is 17.0. The lowest BCUT2D eigenvalue weighted by Gasteiger charge is -2.32. The predicted octanol–water partition coefficient (Wildman–Crippen LogP) is 3.39. The van der Waals surface area contributed by atoms with E-state index in [-0.39, 0.29) is 23.8 Å². The molecule has 29 heavy (non-hydrogen) atoms. The molecule has 0 spiro atoms. The zero-order chi connectivity index (χ0) is 20.8. The highest BCUT2D eigenvalue weighted by atomic mass is 16.6. The van der Waals surface area contributed by atoms with Gasteiger partial charge in [0.15, 0.2) is 6.61 Å². The number of carbonyl (C=O) groups excluding carboxylic acids is 2. The molecule has 1 atom stereocenters. The van der Waals surface area contributed by atoms with Crippen LogP contribution in [0.3, 0.4) is 0 Å². The minimum atomic E-state index is -0.713. The number of anilines is 1. The number of nitro groups is 1. The number of nitro benzene ring substituents is 1. The number of hydrogen-bond donors (Lipinski definition) is 0. The van der Waals surface area contributed by atoms with E-state index in [4.69, 9.17) is 4.74 Å². The molecule has 0 aromatic heterocycles. The van der Waals surface area contributed by atoms with Crippen molar-refractivity contribution >= 4 is 23.3 Å². The maximum absolute atomic E-state index is 12.4. The van der Waals surface area contributed by atoms with Crippen molar-refractivity contribution in [2.75, 3.05) is 37.7 Å². The van der Waals surface area contributed by atoms with Crippen LogP contribution < -0.4 is 4.90 Å². The number of piperidine rings is 1. The molecule has 0 bridgehead atoms. The van der Waals surface area contributed by atoms with Gasteiger partial charge in [0.2, 0.25) is 0 Å². The highest BCUT2D eigenvalue weighted by Gasteiger charge is 2.26. The molecule has 2 saturated heterocycles. The highest BCUT2D eigenvalue weighted by molar-refractivity contribution is 5.93. The summed E-state index contributed by atoms with van der Waals surface area (Å²) in [6.07, 6.45) is 6.23. The minimum Gasteiger partial charge on any atom is -0.452 e. The monoisotopic (exact) mass is 403 g/mol. The molecule has 0 unspecified atom stereocenters. The van der Waals surface area contributed by atoms with Crippen LogP contribution >= 0.6 is 0 Å². The molecule has 0 aliphatic carbocycles. The maximum atomic E-state index is 12.4. The molecule has 3 rings (SSSR count). The molecule has 158 valence electrons. The lowest BCUT2D eigenvalue weighted by Crippen LogP contribution is -2.35. The van der Waals surface area contributed by atoms with E-state index < -0.39 is 10.9 Å². The third kappa shape index (κ3) is 5.46. The van der Waals surface area contributed by atoms with Gasteiger partial charge in [0, 0.05) is 32.2 Å². The van der Waals surface area contributed by atoms with Gasteiger partial charge in [0.05, 0.1) is 10.5 Å². The summed E-state index contributed by atoms with van der Waals surface area (Å²) in [6.45, 7) is 4.69. The second-order valence-electron chi connectivity index (χ2n) is 8.03. The molecule has 0 saturated carbocycles. The lowest BCUT2D eigenvalue weighted by atomic mass is 9.99. The van der Waals surface area contributed by atoms with Crippen LogP contribution in [0.4, 0.5) is 11.4 Å². The van der Waals surface area contributed by atoms with Crippen molar-refractivity contribution < 1.29 is 19.2 Å². The van der Waals surface area contributed by atoms with Gasteiger partial charge in [-0.15, -0.1) is 0 Å². The number of nitrogens with zero attached hydrogens (tertiary/aromatic N) is 3. The number of hydrogen-bond acceptors (Lipinski definition) is 6. The summed E-state index contributed by atoms with van der Waals surface area (Å²) < 4.78 is 5.15. The fourth-order valence-corrected chi connectivity index (χ4v) is 4.09. The third-order valence-electron chi connectivity index (χ3n) is 5.69. The predicted molar refractivity (Wildman–Crippen MR) is 109 cm³/mol. The Morgan fingerprint density at radius 3 is 2.52 bits per heavy atom. The van der Waals surface area contributed by atoms with Crippen molar-refractivity contribution in [2.24, 2.45) is 5.92 Å². The van der Waals surface area contributed by atoms with Gasteiger partial charge in [0.25, 0.3) is 11.6 Å². The van der Waals surface area contributed by atoms with Crippen molar-refractivity contribution in [2.45, 2.75) is 45.4 Å². The second-order valence-corrected chi connectivity index (χ2v) is 8.03. The first kappa shape index (κ1) is 21.1. The van der Waals surface area contributed by atoms with Crippen LogP contribution in [0.5, 0.6) is 0 Å². The molecule has 1 aromatic rings. The first-order valence-corrected chi connectivity index (χ1v) is 10.4. The summed E-state index contributed by atoms with van der Waals surface area (Å²) in [6, 6.07) is 4.41. The zero-order valence-corrected chi connectivity index (χ0v) is 17.0. The number of benzene rings is 1. The summed E-state index contributed by atoms with van der Waals surface area (Å²) in [7, 11) is 0. The van der Waals surface area contributed by atoms with Crippen LogP contribution in [0, 0.1) is 16.0 Å². The first-order valence-electron chi connectivity index (χ1n) is 10.4. The Kier molecular flexibility index (Phi) is 7.06. The fraction of sp³-hybridized carbons (Fsp3) is 0.619. The van der Waals surface area contributed by atoms with Crippen molar-refractivity contribution in [3.63, 3.8) is 0 Å². The number of carbonyl (C=O) groups is 2. The van der Waals surface area contributed by atoms with Crippen molar-refractivity contribution in [3.8, 4) is 0 Å². The molecule has 0 N–H and O–H groups in total. The van der Waals surface area contributed by atoms with Gasteiger partial charge in [-0.1, -0.05) is 19.8 Å². The summed E-state index contributed by atoms with van der Waals surface area (Å²) >= 11 is 0. The summed E-state index contributed by atoms with van der Waals surface area (Å²) in [5, 5.41) is 11.6. The van der Waals surface area contributed by atoms with Crippen LogP contribution in [0.25, 0.3) is 0 Å². The van der Waals surface area contributed by atoms with E-state index >= 15 is 0 Å². The molecular formula is C21H29N3O5. The molecule has 8 heteroatoms. The smallest absolute Gasteiger partial charge is 0.338 e. The van der Waals surface area contributed by atoms with Crippen LogP contribution in [0.2, 0.25) is 0 Å². The van der Waals surface area contributed by atoms with E-state index in [1.165, 1.54) is 6.07 Å². The van der Waals surface area contributed by atoms with Crippen LogP contribution in [0.1, 0.15) is 55.8 Å². The highest BCUT2D eigenvalue weighted by Crippen LogP contribution is 2.32.